The lowest BCUT2D eigenvalue weighted by Gasteiger charge is -2.13. The largest absolute Gasteiger partial charge is 0.497 e. The van der Waals surface area contributed by atoms with Gasteiger partial charge in [-0.1, -0.05) is 0 Å². The van der Waals surface area contributed by atoms with Crippen LogP contribution < -0.4 is 20.5 Å². The predicted octanol–water partition coefficient (Wildman–Crippen LogP) is 2.30. The third-order valence-electron chi connectivity index (χ3n) is 4.85. The number of nitrogens with zero attached hydrogens (tertiary/aromatic N) is 5. The Labute approximate surface area is 178 Å². The molecule has 0 atom stereocenters. The molecule has 2 aromatic carbocycles. The number of fused-ring (bicyclic) bond motifs is 1. The Hall–Kier alpha value is -4.14. The molecule has 1 N–H and O–H groups in total. The van der Waals surface area contributed by atoms with Crippen LogP contribution in [0.3, 0.4) is 0 Å². The van der Waals surface area contributed by atoms with Crippen molar-refractivity contribution in [2.75, 3.05) is 31.4 Å². The maximum atomic E-state index is 12.8. The van der Waals surface area contributed by atoms with Gasteiger partial charge in [0.1, 0.15) is 24.0 Å². The number of anilines is 2. The fraction of sp³-hybridized carbons (Fsp3) is 0.182. The van der Waals surface area contributed by atoms with Gasteiger partial charge in [-0.05, 0) is 48.5 Å². The molecule has 1 amide bonds. The number of benzene rings is 2. The zero-order valence-corrected chi connectivity index (χ0v) is 17.4. The predicted molar refractivity (Wildman–Crippen MR) is 119 cm³/mol. The molecule has 4 rings (SSSR count). The molecule has 9 nitrogen and oxygen atoms in total. The van der Waals surface area contributed by atoms with Crippen molar-refractivity contribution in [3.8, 4) is 11.4 Å². The molecule has 0 bridgehead atoms. The Kier molecular flexibility index (Phi) is 5.40. The maximum absolute atomic E-state index is 12.8. The first-order valence-corrected chi connectivity index (χ1v) is 9.61. The van der Waals surface area contributed by atoms with Gasteiger partial charge in [0.2, 0.25) is 5.91 Å². The van der Waals surface area contributed by atoms with E-state index < -0.39 is 0 Å². The van der Waals surface area contributed by atoms with Crippen molar-refractivity contribution in [3.63, 3.8) is 0 Å². The number of methoxy groups -OCH3 is 1. The first-order chi connectivity index (χ1) is 15.0. The highest BCUT2D eigenvalue weighted by Crippen LogP contribution is 2.18. The van der Waals surface area contributed by atoms with E-state index in [0.717, 1.165) is 17.1 Å². The van der Waals surface area contributed by atoms with Crippen LogP contribution in [0.5, 0.6) is 5.75 Å². The van der Waals surface area contributed by atoms with Gasteiger partial charge in [-0.25, -0.2) is 9.67 Å². The summed E-state index contributed by atoms with van der Waals surface area (Å²) < 4.78 is 8.01. The van der Waals surface area contributed by atoms with Crippen LogP contribution in [0.4, 0.5) is 11.4 Å². The highest BCUT2D eigenvalue weighted by atomic mass is 16.5. The fourth-order valence-electron chi connectivity index (χ4n) is 3.17. The van der Waals surface area contributed by atoms with Crippen LogP contribution in [0.1, 0.15) is 0 Å². The Morgan fingerprint density at radius 3 is 2.45 bits per heavy atom. The van der Waals surface area contributed by atoms with Gasteiger partial charge in [0.25, 0.3) is 5.56 Å². The lowest BCUT2D eigenvalue weighted by atomic mass is 10.2. The highest BCUT2D eigenvalue weighted by Gasteiger charge is 2.13. The zero-order chi connectivity index (χ0) is 22.0. The van der Waals surface area contributed by atoms with Gasteiger partial charge in [-0.2, -0.15) is 5.10 Å². The molecule has 2 aromatic heterocycles. The average molecular weight is 418 g/mol. The van der Waals surface area contributed by atoms with Crippen LogP contribution in [0.2, 0.25) is 0 Å². The molecular formula is C22H22N6O3. The third kappa shape index (κ3) is 4.11. The van der Waals surface area contributed by atoms with Gasteiger partial charge in [0.15, 0.2) is 5.65 Å². The minimum absolute atomic E-state index is 0.148. The zero-order valence-electron chi connectivity index (χ0n) is 17.4. The van der Waals surface area contributed by atoms with Crippen molar-refractivity contribution in [1.29, 1.82) is 0 Å². The monoisotopic (exact) mass is 418 g/mol. The van der Waals surface area contributed by atoms with Crippen LogP contribution in [-0.4, -0.2) is 46.4 Å². The Balaban J connectivity index is 1.54. The lowest BCUT2D eigenvalue weighted by Crippen LogP contribution is -2.27. The molecule has 0 unspecified atom stereocenters. The summed E-state index contributed by atoms with van der Waals surface area (Å²) in [6.45, 7) is -0.148. The van der Waals surface area contributed by atoms with Crippen molar-refractivity contribution >= 4 is 28.3 Å². The summed E-state index contributed by atoms with van der Waals surface area (Å²) in [6, 6.07) is 14.7. The van der Waals surface area contributed by atoms with E-state index in [4.69, 9.17) is 4.74 Å². The highest BCUT2D eigenvalue weighted by molar-refractivity contribution is 5.91. The van der Waals surface area contributed by atoms with Crippen LogP contribution in [0.25, 0.3) is 16.7 Å². The first-order valence-electron chi connectivity index (χ1n) is 9.61. The number of rotatable bonds is 6. The molecule has 0 saturated heterocycles. The Bertz CT molecular complexity index is 1270. The summed E-state index contributed by atoms with van der Waals surface area (Å²) in [5.41, 5.74) is 2.52. The molecule has 0 aliphatic carbocycles. The van der Waals surface area contributed by atoms with Crippen LogP contribution >= 0.6 is 0 Å². The number of amides is 1. The average Bonchev–Trinajstić information content (AvgIpc) is 3.21. The number of hydrogen-bond acceptors (Lipinski definition) is 6. The summed E-state index contributed by atoms with van der Waals surface area (Å²) in [5, 5.41) is 7.42. The first kappa shape index (κ1) is 20.1. The second-order valence-corrected chi connectivity index (χ2v) is 7.16. The van der Waals surface area contributed by atoms with E-state index in [9.17, 15) is 9.59 Å². The molecule has 0 radical (unpaired) electrons. The van der Waals surface area contributed by atoms with Gasteiger partial charge >= 0.3 is 0 Å². The SMILES string of the molecule is COc1ccc(-n2ncc3c(=O)n(CC(=O)Nc4ccc(N(C)C)cc4)cnc32)cc1. The molecule has 9 heteroatoms. The minimum Gasteiger partial charge on any atom is -0.497 e. The number of hydrogen-bond donors (Lipinski definition) is 1. The van der Waals surface area contributed by atoms with Gasteiger partial charge in [-0.15, -0.1) is 0 Å². The van der Waals surface area contributed by atoms with Gasteiger partial charge < -0.3 is 15.0 Å². The van der Waals surface area contributed by atoms with Gasteiger partial charge in [0.05, 0.1) is 19.0 Å². The normalized spacial score (nSPS) is 10.8. The van der Waals surface area contributed by atoms with Gasteiger partial charge in [-0.3, -0.25) is 14.2 Å². The van der Waals surface area contributed by atoms with E-state index in [0.29, 0.717) is 16.7 Å². The quantitative estimate of drug-likeness (QED) is 0.516. The van der Waals surface area contributed by atoms with E-state index in [2.05, 4.69) is 15.4 Å². The maximum Gasteiger partial charge on any atom is 0.264 e. The summed E-state index contributed by atoms with van der Waals surface area (Å²) in [4.78, 5) is 31.6. The van der Waals surface area contributed by atoms with E-state index >= 15 is 0 Å². The molecule has 0 spiro atoms. The molecule has 0 aliphatic heterocycles. The van der Waals surface area contributed by atoms with Crippen LogP contribution in [0.15, 0.2) is 65.8 Å². The van der Waals surface area contributed by atoms with E-state index in [1.54, 1.807) is 23.9 Å². The number of carbonyl (C=O) groups excluding carboxylic acids is 1. The second kappa shape index (κ2) is 8.31. The summed E-state index contributed by atoms with van der Waals surface area (Å²) in [5.74, 6) is 0.404. The Morgan fingerprint density at radius 2 is 1.81 bits per heavy atom. The molecule has 0 fully saturated rings. The molecule has 2 heterocycles. The van der Waals surface area contributed by atoms with E-state index in [1.165, 1.54) is 17.1 Å². The molecule has 0 aliphatic rings. The number of nitrogens with one attached hydrogen (secondary N) is 1. The van der Waals surface area contributed by atoms with E-state index in [-0.39, 0.29) is 18.0 Å². The van der Waals surface area contributed by atoms with Crippen molar-refractivity contribution in [3.05, 3.63) is 71.4 Å². The molecular weight excluding hydrogens is 396 g/mol. The van der Waals surface area contributed by atoms with Gasteiger partial charge in [0, 0.05) is 25.5 Å². The van der Waals surface area contributed by atoms with Crippen LogP contribution in [-0.2, 0) is 11.3 Å². The molecule has 0 saturated carbocycles. The smallest absolute Gasteiger partial charge is 0.264 e. The summed E-state index contributed by atoms with van der Waals surface area (Å²) >= 11 is 0. The topological polar surface area (TPSA) is 94.3 Å². The Morgan fingerprint density at radius 1 is 1.10 bits per heavy atom. The number of aromatic nitrogens is 4. The summed E-state index contributed by atoms with van der Waals surface area (Å²) in [7, 11) is 5.48. The standard InChI is InChI=1S/C22H22N6O3/c1-26(2)16-6-4-15(5-7-16)25-20(29)13-27-14-23-21-19(22(27)30)12-24-28(21)17-8-10-18(31-3)11-9-17/h4-12,14H,13H2,1-3H3,(H,25,29). The lowest BCUT2D eigenvalue weighted by molar-refractivity contribution is -0.116. The number of ether oxygens (including phenoxy) is 1. The fourth-order valence-corrected chi connectivity index (χ4v) is 3.17. The van der Waals surface area contributed by atoms with Crippen molar-refractivity contribution in [1.82, 2.24) is 19.3 Å². The molecule has 4 aromatic rings. The molecule has 31 heavy (non-hydrogen) atoms. The second-order valence-electron chi connectivity index (χ2n) is 7.16. The van der Waals surface area contributed by atoms with Crippen molar-refractivity contribution < 1.29 is 9.53 Å². The summed E-state index contributed by atoms with van der Waals surface area (Å²) in [6.07, 6.45) is 2.82. The van der Waals surface area contributed by atoms with Crippen LogP contribution in [0, 0.1) is 0 Å². The minimum atomic E-state index is -0.331. The number of carbonyl (C=O) groups is 1. The van der Waals surface area contributed by atoms with E-state index in [1.807, 2.05) is 55.4 Å². The van der Waals surface area contributed by atoms with Crippen molar-refractivity contribution in [2.24, 2.45) is 0 Å². The third-order valence-corrected chi connectivity index (χ3v) is 4.85. The van der Waals surface area contributed by atoms with Crippen molar-refractivity contribution in [2.45, 2.75) is 6.54 Å². The molecule has 158 valence electrons.